The Morgan fingerprint density at radius 2 is 1.89 bits per heavy atom. The Hall–Kier alpha value is -0.130. The van der Waals surface area contributed by atoms with Crippen molar-refractivity contribution in [3.8, 4) is 0 Å². The third-order valence-electron chi connectivity index (χ3n) is 3.87. The Bertz CT molecular complexity index is 420. The summed E-state index contributed by atoms with van der Waals surface area (Å²) < 4.78 is 12.1. The largest absolute Gasteiger partial charge is 0.420 e. The normalized spacial score (nSPS) is 51.2. The highest BCUT2D eigenvalue weighted by Crippen LogP contribution is 2.72. The maximum Gasteiger partial charge on any atom is 0.336 e. The minimum Gasteiger partial charge on any atom is -0.420 e. The monoisotopic (exact) mass is 300 g/mol. The van der Waals surface area contributed by atoms with Crippen LogP contribution in [0.5, 0.6) is 0 Å². The van der Waals surface area contributed by atoms with Gasteiger partial charge >= 0.3 is 5.97 Å². The lowest BCUT2D eigenvalue weighted by molar-refractivity contribution is -0.261. The van der Waals surface area contributed by atoms with Crippen LogP contribution in [0, 0.1) is 0 Å². The molecule has 0 amide bonds. The first-order chi connectivity index (χ1) is 8.57. The summed E-state index contributed by atoms with van der Waals surface area (Å²) in [5, 5.41) is -0.823. The molecule has 4 rings (SSSR count). The van der Waals surface area contributed by atoms with Gasteiger partial charge in [0, 0.05) is 23.2 Å². The fourth-order valence-corrected chi connectivity index (χ4v) is 9.00. The summed E-state index contributed by atoms with van der Waals surface area (Å²) in [6.07, 6.45) is 2.77. The van der Waals surface area contributed by atoms with E-state index in [1.54, 1.807) is 18.7 Å². The smallest absolute Gasteiger partial charge is 0.336 e. The third-order valence-corrected chi connectivity index (χ3v) is 6.92. The molecule has 5 heteroatoms. The molecule has 0 aromatic rings. The van der Waals surface area contributed by atoms with E-state index in [0.717, 1.165) is 19.3 Å². The molecule has 4 aliphatic heterocycles. The molecule has 4 saturated heterocycles. The van der Waals surface area contributed by atoms with Crippen molar-refractivity contribution >= 4 is 29.5 Å². The van der Waals surface area contributed by atoms with Crippen LogP contribution in [0.15, 0.2) is 12.2 Å². The van der Waals surface area contributed by atoms with Crippen LogP contribution in [0.4, 0.5) is 0 Å². The Labute approximate surface area is 122 Å². The fourth-order valence-electron chi connectivity index (χ4n) is 3.92. The maximum atomic E-state index is 11.9. The van der Waals surface area contributed by atoms with Gasteiger partial charge in [-0.2, -0.15) is 0 Å². The molecule has 0 aromatic heterocycles. The van der Waals surface area contributed by atoms with Gasteiger partial charge in [-0.25, -0.2) is 4.79 Å². The first kappa shape index (κ1) is 13.8. The zero-order chi connectivity index (χ0) is 14.1. The van der Waals surface area contributed by atoms with Crippen LogP contribution >= 0.6 is 23.5 Å². The van der Waals surface area contributed by atoms with Gasteiger partial charge in [0.2, 0.25) is 0 Å². The second-order valence-corrected chi connectivity index (χ2v) is 10.8. The summed E-state index contributed by atoms with van der Waals surface area (Å²) in [6, 6.07) is 0. The lowest BCUT2D eigenvalue weighted by Gasteiger charge is -2.65. The Morgan fingerprint density at radius 3 is 2.42 bits per heavy atom. The SMILES string of the molecule is C=C(C)C(=O)OC12CC3(C)CC(C)(CC(C)(S3)S1)O2. The van der Waals surface area contributed by atoms with Crippen molar-refractivity contribution < 1.29 is 14.3 Å². The Morgan fingerprint density at radius 1 is 1.21 bits per heavy atom. The van der Waals surface area contributed by atoms with Crippen molar-refractivity contribution in [3.63, 3.8) is 0 Å². The maximum absolute atomic E-state index is 11.9. The van der Waals surface area contributed by atoms with Gasteiger partial charge in [0.25, 0.3) is 5.12 Å². The summed E-state index contributed by atoms with van der Waals surface area (Å²) in [5.74, 6) is -0.352. The Kier molecular flexibility index (Phi) is 2.72. The number of ether oxygens (including phenoxy) is 2. The quantitative estimate of drug-likeness (QED) is 0.574. The van der Waals surface area contributed by atoms with Crippen LogP contribution < -0.4 is 0 Å². The molecule has 4 bridgehead atoms. The highest BCUT2D eigenvalue weighted by Gasteiger charge is 2.68. The molecule has 4 fully saturated rings. The molecular weight excluding hydrogens is 280 g/mol. The number of hydrogen-bond acceptors (Lipinski definition) is 5. The van der Waals surface area contributed by atoms with E-state index >= 15 is 0 Å². The van der Waals surface area contributed by atoms with E-state index in [1.807, 2.05) is 11.8 Å². The average molecular weight is 300 g/mol. The van der Waals surface area contributed by atoms with E-state index in [4.69, 9.17) is 9.47 Å². The van der Waals surface area contributed by atoms with Crippen molar-refractivity contribution in [1.29, 1.82) is 0 Å². The van der Waals surface area contributed by atoms with Gasteiger partial charge < -0.3 is 9.47 Å². The fraction of sp³-hybridized carbons (Fsp3) is 0.786. The number of thioether (sulfide) groups is 2. The average Bonchev–Trinajstić information content (AvgIpc) is 2.07. The van der Waals surface area contributed by atoms with Gasteiger partial charge in [0.1, 0.15) is 0 Å². The van der Waals surface area contributed by atoms with Gasteiger partial charge in [-0.05, 0) is 34.1 Å². The zero-order valence-corrected chi connectivity index (χ0v) is 13.5. The molecule has 19 heavy (non-hydrogen) atoms. The standard InChI is InChI=1S/C14H20O3S2/c1-9(2)10(15)16-14-8-12(4)6-11(3,17-14)7-13(5,18-12)19-14/h1,6-8H2,2-5H3. The third kappa shape index (κ3) is 2.24. The molecule has 0 aliphatic carbocycles. The highest BCUT2D eigenvalue weighted by molar-refractivity contribution is 8.20. The molecular formula is C14H20O3S2. The first-order valence-corrected chi connectivity index (χ1v) is 8.19. The second-order valence-electron chi connectivity index (χ2n) is 6.72. The topological polar surface area (TPSA) is 35.5 Å². The van der Waals surface area contributed by atoms with Gasteiger partial charge in [-0.3, -0.25) is 0 Å². The number of carbonyl (C=O) groups excluding carboxylic acids is 1. The van der Waals surface area contributed by atoms with E-state index in [1.165, 1.54) is 0 Å². The molecule has 0 radical (unpaired) electrons. The lowest BCUT2D eigenvalue weighted by atomic mass is 9.82. The van der Waals surface area contributed by atoms with Crippen molar-refractivity contribution in [2.45, 2.75) is 66.5 Å². The molecule has 0 aromatic carbocycles. The van der Waals surface area contributed by atoms with E-state index in [2.05, 4.69) is 27.4 Å². The summed E-state index contributed by atoms with van der Waals surface area (Å²) in [5.41, 5.74) is 0.237. The van der Waals surface area contributed by atoms with Crippen LogP contribution in [0.2, 0.25) is 0 Å². The van der Waals surface area contributed by atoms with Crippen molar-refractivity contribution in [1.82, 2.24) is 0 Å². The van der Waals surface area contributed by atoms with Gasteiger partial charge in [0.05, 0.1) is 9.68 Å². The van der Waals surface area contributed by atoms with Gasteiger partial charge in [0.15, 0.2) is 0 Å². The summed E-state index contributed by atoms with van der Waals surface area (Å²) in [6.45, 7) is 12.0. The summed E-state index contributed by atoms with van der Waals surface area (Å²) in [7, 11) is 0. The van der Waals surface area contributed by atoms with E-state index < -0.39 is 5.12 Å². The Balaban J connectivity index is 1.95. The number of rotatable bonds is 2. The van der Waals surface area contributed by atoms with Crippen LogP contribution in [0.1, 0.15) is 47.0 Å². The highest BCUT2D eigenvalue weighted by atomic mass is 32.2. The summed E-state index contributed by atoms with van der Waals surface area (Å²) in [4.78, 5) is 11.9. The molecule has 4 aliphatic rings. The van der Waals surface area contributed by atoms with Gasteiger partial charge in [-0.15, -0.1) is 11.8 Å². The van der Waals surface area contributed by atoms with Crippen LogP contribution in [-0.4, -0.2) is 25.5 Å². The zero-order valence-electron chi connectivity index (χ0n) is 11.9. The molecule has 4 heterocycles. The van der Waals surface area contributed by atoms with E-state index in [0.29, 0.717) is 5.57 Å². The lowest BCUT2D eigenvalue weighted by Crippen LogP contribution is -2.66. The van der Waals surface area contributed by atoms with Crippen molar-refractivity contribution in [2.75, 3.05) is 0 Å². The predicted molar refractivity (Wildman–Crippen MR) is 79.0 cm³/mol. The molecule has 3 nitrogen and oxygen atoms in total. The predicted octanol–water partition coefficient (Wildman–Crippen LogP) is 3.69. The number of hydrogen-bond donors (Lipinski definition) is 0. The molecule has 4 unspecified atom stereocenters. The van der Waals surface area contributed by atoms with Crippen molar-refractivity contribution in [2.24, 2.45) is 0 Å². The van der Waals surface area contributed by atoms with Gasteiger partial charge in [-0.1, -0.05) is 18.3 Å². The first-order valence-electron chi connectivity index (χ1n) is 6.56. The van der Waals surface area contributed by atoms with E-state index in [-0.39, 0.29) is 20.4 Å². The molecule has 0 saturated carbocycles. The van der Waals surface area contributed by atoms with Crippen LogP contribution in [-0.2, 0) is 14.3 Å². The number of esters is 1. The number of carbonyl (C=O) groups is 1. The molecule has 106 valence electrons. The van der Waals surface area contributed by atoms with Crippen LogP contribution in [0.3, 0.4) is 0 Å². The van der Waals surface area contributed by atoms with Crippen LogP contribution in [0.25, 0.3) is 0 Å². The molecule has 0 N–H and O–H groups in total. The van der Waals surface area contributed by atoms with Crippen molar-refractivity contribution in [3.05, 3.63) is 12.2 Å². The minimum absolute atomic E-state index is 0.0631. The molecule has 0 spiro atoms. The minimum atomic E-state index is -0.823. The molecule has 4 atom stereocenters. The van der Waals surface area contributed by atoms with E-state index in [9.17, 15) is 4.79 Å². The second kappa shape index (κ2) is 3.74. The summed E-state index contributed by atoms with van der Waals surface area (Å²) >= 11 is 3.67.